The van der Waals surface area contributed by atoms with Crippen LogP contribution in [-0.2, 0) is 15.6 Å². The summed E-state index contributed by atoms with van der Waals surface area (Å²) in [5.74, 6) is 0.427. The maximum absolute atomic E-state index is 12.6. The lowest BCUT2D eigenvalue weighted by atomic mass is 9.91. The molecule has 2 rings (SSSR count). The van der Waals surface area contributed by atoms with Crippen LogP contribution in [0.3, 0.4) is 0 Å². The van der Waals surface area contributed by atoms with E-state index in [1.807, 2.05) is 0 Å². The number of rotatable bonds is 4. The lowest BCUT2D eigenvalue weighted by Gasteiger charge is -2.27. The van der Waals surface area contributed by atoms with Crippen molar-refractivity contribution in [2.75, 3.05) is 11.1 Å². The Bertz CT molecular complexity index is 516. The van der Waals surface area contributed by atoms with Crippen LogP contribution in [0.15, 0.2) is 24.3 Å². The number of nitrogens with two attached hydrogens (primary N) is 1. The van der Waals surface area contributed by atoms with Crippen LogP contribution < -0.4 is 11.1 Å². The Hall–Kier alpha value is -1.36. The second-order valence-corrected chi connectivity index (χ2v) is 8.01. The first-order valence-electron chi connectivity index (χ1n) is 7.53. The summed E-state index contributed by atoms with van der Waals surface area (Å²) in [6.07, 6.45) is 4.26. The summed E-state index contributed by atoms with van der Waals surface area (Å²) in [4.78, 5) is 12.2. The molecule has 5 heteroatoms. The zero-order chi connectivity index (χ0) is 15.4. The van der Waals surface area contributed by atoms with Gasteiger partial charge < -0.3 is 11.1 Å². The topological polar surface area (TPSA) is 72.2 Å². The highest BCUT2D eigenvalue weighted by Gasteiger charge is 2.30. The molecule has 0 radical (unpaired) electrons. The minimum Gasteiger partial charge on any atom is -0.399 e. The molecule has 0 aromatic heterocycles. The molecular weight excluding hydrogens is 284 g/mol. The highest BCUT2D eigenvalue weighted by Crippen LogP contribution is 2.28. The fourth-order valence-corrected chi connectivity index (χ4v) is 4.56. The van der Waals surface area contributed by atoms with Gasteiger partial charge in [-0.1, -0.05) is 19.8 Å². The average molecular weight is 308 g/mol. The second kappa shape index (κ2) is 7.07. The van der Waals surface area contributed by atoms with Gasteiger partial charge in [-0.15, -0.1) is 0 Å². The van der Waals surface area contributed by atoms with Gasteiger partial charge in [0, 0.05) is 27.4 Å². The number of hydrogen-bond donors (Lipinski definition) is 2. The van der Waals surface area contributed by atoms with Crippen molar-refractivity contribution in [2.45, 2.75) is 50.0 Å². The molecule has 1 aromatic carbocycles. The Morgan fingerprint density at radius 2 is 2.00 bits per heavy atom. The molecule has 0 saturated heterocycles. The van der Waals surface area contributed by atoms with E-state index < -0.39 is 16.0 Å². The molecule has 3 N–H and O–H groups in total. The van der Waals surface area contributed by atoms with E-state index in [1.165, 1.54) is 6.42 Å². The normalized spacial score (nSPS) is 25.0. The monoisotopic (exact) mass is 308 g/mol. The van der Waals surface area contributed by atoms with Crippen LogP contribution in [0.2, 0.25) is 0 Å². The second-order valence-electron chi connectivity index (χ2n) is 5.98. The number of carbonyl (C=O) groups is 1. The molecule has 1 aliphatic carbocycles. The van der Waals surface area contributed by atoms with Gasteiger partial charge in [-0.2, -0.15) is 0 Å². The quantitative estimate of drug-likeness (QED) is 0.840. The molecule has 0 spiro atoms. The number of amides is 1. The van der Waals surface area contributed by atoms with Crippen molar-refractivity contribution in [3.05, 3.63) is 24.3 Å². The van der Waals surface area contributed by atoms with Gasteiger partial charge in [-0.05, 0) is 49.9 Å². The van der Waals surface area contributed by atoms with E-state index in [0.717, 1.165) is 19.3 Å². The van der Waals surface area contributed by atoms with Crippen molar-refractivity contribution < 1.29 is 9.00 Å². The van der Waals surface area contributed by atoms with E-state index in [2.05, 4.69) is 12.2 Å². The maximum atomic E-state index is 12.6. The standard InChI is InChI=1S/C16H24N2O2S/c1-11-4-3-5-15(10-11)21(20)12(2)16(19)18-14-8-6-13(17)7-9-14/h6-9,11-12,15H,3-5,10,17H2,1-2H3,(H,18,19). The first-order chi connectivity index (χ1) is 9.97. The molecule has 4 atom stereocenters. The van der Waals surface area contributed by atoms with Gasteiger partial charge in [0.25, 0.3) is 0 Å². The van der Waals surface area contributed by atoms with Crippen molar-refractivity contribution >= 4 is 28.1 Å². The fraction of sp³-hybridized carbons (Fsp3) is 0.562. The molecule has 1 amide bonds. The Morgan fingerprint density at radius 3 is 2.62 bits per heavy atom. The van der Waals surface area contributed by atoms with E-state index in [4.69, 9.17) is 5.73 Å². The zero-order valence-corrected chi connectivity index (χ0v) is 13.5. The first-order valence-corrected chi connectivity index (χ1v) is 8.80. The largest absolute Gasteiger partial charge is 0.399 e. The number of nitrogen functional groups attached to an aromatic ring is 1. The van der Waals surface area contributed by atoms with Gasteiger partial charge in [-0.25, -0.2) is 0 Å². The van der Waals surface area contributed by atoms with E-state index in [9.17, 15) is 9.00 Å². The number of carbonyl (C=O) groups excluding carboxylic acids is 1. The number of benzene rings is 1. The smallest absolute Gasteiger partial charge is 0.239 e. The van der Waals surface area contributed by atoms with Gasteiger partial charge in [0.2, 0.25) is 5.91 Å². The van der Waals surface area contributed by atoms with Crippen LogP contribution in [0, 0.1) is 5.92 Å². The average Bonchev–Trinajstić information content (AvgIpc) is 2.48. The molecule has 1 fully saturated rings. The molecule has 0 bridgehead atoms. The molecule has 1 aromatic rings. The Kier molecular flexibility index (Phi) is 5.39. The van der Waals surface area contributed by atoms with Crippen LogP contribution in [0.5, 0.6) is 0 Å². The van der Waals surface area contributed by atoms with Crippen LogP contribution >= 0.6 is 0 Å². The minimum absolute atomic E-state index is 0.154. The summed E-state index contributed by atoms with van der Waals surface area (Å²) in [7, 11) is -1.12. The van der Waals surface area contributed by atoms with Crippen LogP contribution in [0.1, 0.15) is 39.5 Å². The third-order valence-electron chi connectivity index (χ3n) is 4.11. The summed E-state index contributed by atoms with van der Waals surface area (Å²) in [6, 6.07) is 6.98. The summed E-state index contributed by atoms with van der Waals surface area (Å²) in [6.45, 7) is 3.95. The fourth-order valence-electron chi connectivity index (χ4n) is 2.79. The predicted molar refractivity (Wildman–Crippen MR) is 88.5 cm³/mol. The lowest BCUT2D eigenvalue weighted by molar-refractivity contribution is -0.115. The summed E-state index contributed by atoms with van der Waals surface area (Å²) in [5.41, 5.74) is 6.96. The summed E-state index contributed by atoms with van der Waals surface area (Å²) in [5, 5.41) is 2.48. The maximum Gasteiger partial charge on any atom is 0.239 e. The van der Waals surface area contributed by atoms with E-state index in [-0.39, 0.29) is 11.2 Å². The van der Waals surface area contributed by atoms with Crippen molar-refractivity contribution in [3.8, 4) is 0 Å². The van der Waals surface area contributed by atoms with Crippen LogP contribution in [0.4, 0.5) is 11.4 Å². The summed E-state index contributed by atoms with van der Waals surface area (Å²) < 4.78 is 12.6. The van der Waals surface area contributed by atoms with Gasteiger partial charge in [0.1, 0.15) is 5.25 Å². The molecule has 1 aliphatic rings. The number of anilines is 2. The Morgan fingerprint density at radius 1 is 1.33 bits per heavy atom. The molecule has 21 heavy (non-hydrogen) atoms. The minimum atomic E-state index is -1.12. The summed E-state index contributed by atoms with van der Waals surface area (Å²) >= 11 is 0. The van der Waals surface area contributed by atoms with E-state index >= 15 is 0 Å². The SMILES string of the molecule is CC1CCCC(S(=O)C(C)C(=O)Nc2ccc(N)cc2)C1. The number of hydrogen-bond acceptors (Lipinski definition) is 3. The highest BCUT2D eigenvalue weighted by molar-refractivity contribution is 7.87. The number of nitrogens with one attached hydrogen (secondary N) is 1. The van der Waals surface area contributed by atoms with Gasteiger partial charge in [0.15, 0.2) is 0 Å². The predicted octanol–water partition coefficient (Wildman–Crippen LogP) is 2.92. The Balaban J connectivity index is 1.95. The molecule has 1 saturated carbocycles. The molecule has 4 nitrogen and oxygen atoms in total. The Labute approximate surface area is 129 Å². The van der Waals surface area contributed by atoms with Gasteiger partial charge in [-0.3, -0.25) is 9.00 Å². The van der Waals surface area contributed by atoms with Gasteiger partial charge in [0.05, 0.1) is 0 Å². The highest BCUT2D eigenvalue weighted by atomic mass is 32.2. The van der Waals surface area contributed by atoms with Crippen LogP contribution in [0.25, 0.3) is 0 Å². The van der Waals surface area contributed by atoms with E-state index in [0.29, 0.717) is 17.3 Å². The van der Waals surface area contributed by atoms with Crippen molar-refractivity contribution in [1.82, 2.24) is 0 Å². The first kappa shape index (κ1) is 16.0. The molecule has 0 heterocycles. The molecule has 4 unspecified atom stereocenters. The third-order valence-corrected chi connectivity index (χ3v) is 6.11. The van der Waals surface area contributed by atoms with Crippen LogP contribution in [-0.4, -0.2) is 20.6 Å². The van der Waals surface area contributed by atoms with Gasteiger partial charge >= 0.3 is 0 Å². The van der Waals surface area contributed by atoms with Crippen molar-refractivity contribution in [3.63, 3.8) is 0 Å². The lowest BCUT2D eigenvalue weighted by Crippen LogP contribution is -2.36. The molecule has 116 valence electrons. The van der Waals surface area contributed by atoms with Crippen molar-refractivity contribution in [1.29, 1.82) is 0 Å². The molecule has 0 aliphatic heterocycles. The van der Waals surface area contributed by atoms with E-state index in [1.54, 1.807) is 31.2 Å². The third kappa shape index (κ3) is 4.30. The zero-order valence-electron chi connectivity index (χ0n) is 12.7. The molecular formula is C16H24N2O2S. The van der Waals surface area contributed by atoms with Crippen molar-refractivity contribution in [2.24, 2.45) is 5.92 Å².